The number of hydrogen-bond donors (Lipinski definition) is 1. The molecule has 2 heterocycles. The Morgan fingerprint density at radius 2 is 1.96 bits per heavy atom. The van der Waals surface area contributed by atoms with Crippen LogP contribution >= 0.6 is 0 Å². The van der Waals surface area contributed by atoms with Gasteiger partial charge in [-0.25, -0.2) is 10.4 Å². The fraction of sp³-hybridized carbons (Fsp3) is 0.312. The molecule has 0 fully saturated rings. The number of rotatable bonds is 4. The molecule has 2 aromatic rings. The van der Waals surface area contributed by atoms with Crippen LogP contribution in [0.5, 0.6) is 11.5 Å². The van der Waals surface area contributed by atoms with Gasteiger partial charge in [-0.3, -0.25) is 4.79 Å². The van der Waals surface area contributed by atoms with E-state index in [1.54, 1.807) is 14.2 Å². The number of carbonyl (C=O) groups excluding carboxylic acids is 1. The average molecular weight is 314 g/mol. The van der Waals surface area contributed by atoms with Gasteiger partial charge in [0.25, 0.3) is 0 Å². The maximum absolute atomic E-state index is 11.2. The molecule has 7 nitrogen and oxygen atoms in total. The van der Waals surface area contributed by atoms with Crippen molar-refractivity contribution in [2.24, 2.45) is 12.1 Å². The van der Waals surface area contributed by atoms with Gasteiger partial charge in [-0.2, -0.15) is 5.10 Å². The van der Waals surface area contributed by atoms with Crippen molar-refractivity contribution in [3.05, 3.63) is 30.1 Å². The number of nitrogens with zero attached hydrogens (tertiary/aromatic N) is 3. The van der Waals surface area contributed by atoms with E-state index in [1.807, 2.05) is 36.0 Å². The van der Waals surface area contributed by atoms with Gasteiger partial charge in [0, 0.05) is 31.6 Å². The SMILES string of the molecule is COc1ccc(-c2nc(C3=NNC(=O)CC3)cn2C)cc1OC. The van der Waals surface area contributed by atoms with Crippen LogP contribution in [-0.2, 0) is 11.8 Å². The van der Waals surface area contributed by atoms with Crippen LogP contribution in [0.15, 0.2) is 29.5 Å². The lowest BCUT2D eigenvalue weighted by molar-refractivity contribution is -0.121. The van der Waals surface area contributed by atoms with Gasteiger partial charge >= 0.3 is 0 Å². The first kappa shape index (κ1) is 15.1. The number of carbonyl (C=O) groups is 1. The molecular formula is C16H18N4O3. The molecule has 0 bridgehead atoms. The molecule has 0 atom stereocenters. The van der Waals surface area contributed by atoms with Crippen molar-refractivity contribution < 1.29 is 14.3 Å². The van der Waals surface area contributed by atoms with Crippen LogP contribution in [-0.4, -0.2) is 35.4 Å². The first-order chi connectivity index (χ1) is 11.1. The third-order valence-corrected chi connectivity index (χ3v) is 3.72. The van der Waals surface area contributed by atoms with Gasteiger partial charge in [-0.1, -0.05) is 0 Å². The zero-order chi connectivity index (χ0) is 16.4. The Hall–Kier alpha value is -2.83. The highest BCUT2D eigenvalue weighted by atomic mass is 16.5. The summed E-state index contributed by atoms with van der Waals surface area (Å²) in [7, 11) is 5.13. The second-order valence-electron chi connectivity index (χ2n) is 5.22. The van der Waals surface area contributed by atoms with E-state index in [4.69, 9.17) is 9.47 Å². The smallest absolute Gasteiger partial charge is 0.240 e. The second kappa shape index (κ2) is 6.12. The fourth-order valence-corrected chi connectivity index (χ4v) is 2.51. The summed E-state index contributed by atoms with van der Waals surface area (Å²) in [5.74, 6) is 2.05. The van der Waals surface area contributed by atoms with Gasteiger partial charge in [0.05, 0.1) is 19.9 Å². The maximum atomic E-state index is 11.2. The summed E-state index contributed by atoms with van der Waals surface area (Å²) in [6.45, 7) is 0. The Bertz CT molecular complexity index is 780. The molecule has 3 rings (SSSR count). The van der Waals surface area contributed by atoms with Crippen molar-refractivity contribution in [2.45, 2.75) is 12.8 Å². The molecule has 1 amide bonds. The lowest BCUT2D eigenvalue weighted by Gasteiger charge is -2.09. The predicted molar refractivity (Wildman–Crippen MR) is 85.7 cm³/mol. The second-order valence-corrected chi connectivity index (χ2v) is 5.22. The summed E-state index contributed by atoms with van der Waals surface area (Å²) in [6, 6.07) is 5.66. The Morgan fingerprint density at radius 1 is 1.17 bits per heavy atom. The van der Waals surface area contributed by atoms with Crippen molar-refractivity contribution in [3.8, 4) is 22.9 Å². The van der Waals surface area contributed by atoms with Crippen LogP contribution in [0.2, 0.25) is 0 Å². The number of ether oxygens (including phenoxy) is 2. The van der Waals surface area contributed by atoms with E-state index in [1.165, 1.54) is 0 Å². The van der Waals surface area contributed by atoms with E-state index >= 15 is 0 Å². The standard InChI is InChI=1S/C16H18N4O3/c1-20-9-12(11-5-7-15(21)19-18-11)17-16(20)10-4-6-13(22-2)14(8-10)23-3/h4,6,8-9H,5,7H2,1-3H3,(H,19,21). The highest BCUT2D eigenvalue weighted by Crippen LogP contribution is 2.31. The van der Waals surface area contributed by atoms with Gasteiger partial charge in [-0.05, 0) is 18.2 Å². The van der Waals surface area contributed by atoms with Crippen molar-refractivity contribution in [1.82, 2.24) is 15.0 Å². The number of imidazole rings is 1. The van der Waals surface area contributed by atoms with Crippen LogP contribution < -0.4 is 14.9 Å². The monoisotopic (exact) mass is 314 g/mol. The third-order valence-electron chi connectivity index (χ3n) is 3.72. The van der Waals surface area contributed by atoms with Crippen LogP contribution in [0.25, 0.3) is 11.4 Å². The fourth-order valence-electron chi connectivity index (χ4n) is 2.51. The summed E-state index contributed by atoms with van der Waals surface area (Å²) < 4.78 is 12.5. The molecular weight excluding hydrogens is 296 g/mol. The number of hydrogen-bond acceptors (Lipinski definition) is 5. The summed E-state index contributed by atoms with van der Waals surface area (Å²) in [5, 5.41) is 4.09. The van der Waals surface area contributed by atoms with Crippen LogP contribution in [0.1, 0.15) is 18.5 Å². The minimum Gasteiger partial charge on any atom is -0.493 e. The quantitative estimate of drug-likeness (QED) is 0.932. The van der Waals surface area contributed by atoms with E-state index < -0.39 is 0 Å². The molecule has 0 radical (unpaired) electrons. The highest BCUT2D eigenvalue weighted by Gasteiger charge is 2.18. The van der Waals surface area contributed by atoms with E-state index in [0.717, 1.165) is 22.8 Å². The largest absolute Gasteiger partial charge is 0.493 e. The number of methoxy groups -OCH3 is 2. The van der Waals surface area contributed by atoms with Gasteiger partial charge in [0.15, 0.2) is 11.5 Å². The molecule has 23 heavy (non-hydrogen) atoms. The van der Waals surface area contributed by atoms with Crippen molar-refractivity contribution in [2.75, 3.05) is 14.2 Å². The Labute approximate surface area is 133 Å². The summed E-state index contributed by atoms with van der Waals surface area (Å²) in [5.41, 5.74) is 4.95. The molecule has 1 aliphatic heterocycles. The number of hydrazone groups is 1. The lowest BCUT2D eigenvalue weighted by atomic mass is 10.1. The topological polar surface area (TPSA) is 77.7 Å². The van der Waals surface area contributed by atoms with Crippen molar-refractivity contribution in [3.63, 3.8) is 0 Å². The minimum atomic E-state index is -0.0650. The number of nitrogens with one attached hydrogen (secondary N) is 1. The number of amides is 1. The summed E-state index contributed by atoms with van der Waals surface area (Å²) in [4.78, 5) is 15.8. The molecule has 120 valence electrons. The molecule has 1 aliphatic rings. The molecule has 1 N–H and O–H groups in total. The zero-order valence-electron chi connectivity index (χ0n) is 13.3. The van der Waals surface area contributed by atoms with Gasteiger partial charge < -0.3 is 14.0 Å². The number of benzene rings is 1. The van der Waals surface area contributed by atoms with Gasteiger partial charge in [-0.15, -0.1) is 0 Å². The Balaban J connectivity index is 1.97. The normalized spacial score (nSPS) is 14.2. The summed E-state index contributed by atoms with van der Waals surface area (Å²) >= 11 is 0. The third kappa shape index (κ3) is 2.90. The lowest BCUT2D eigenvalue weighted by Crippen LogP contribution is -2.26. The van der Waals surface area contributed by atoms with Crippen molar-refractivity contribution in [1.29, 1.82) is 0 Å². The van der Waals surface area contributed by atoms with Crippen LogP contribution in [0.3, 0.4) is 0 Å². The number of aromatic nitrogens is 2. The molecule has 0 unspecified atom stereocenters. The van der Waals surface area contributed by atoms with Crippen LogP contribution in [0.4, 0.5) is 0 Å². The first-order valence-corrected chi connectivity index (χ1v) is 7.24. The molecule has 7 heteroatoms. The van der Waals surface area contributed by atoms with E-state index in [-0.39, 0.29) is 5.91 Å². The minimum absolute atomic E-state index is 0.0650. The molecule has 0 saturated heterocycles. The van der Waals surface area contributed by atoms with Crippen LogP contribution in [0, 0.1) is 0 Å². The van der Waals surface area contributed by atoms with Gasteiger partial charge in [0.2, 0.25) is 5.91 Å². The Kier molecular flexibility index (Phi) is 4.01. The Morgan fingerprint density at radius 3 is 2.61 bits per heavy atom. The molecule has 0 spiro atoms. The first-order valence-electron chi connectivity index (χ1n) is 7.24. The van der Waals surface area contributed by atoms with Crippen molar-refractivity contribution >= 4 is 11.6 Å². The zero-order valence-corrected chi connectivity index (χ0v) is 13.3. The summed E-state index contributed by atoms with van der Waals surface area (Å²) in [6.07, 6.45) is 2.93. The number of aryl methyl sites for hydroxylation is 1. The van der Waals surface area contributed by atoms with E-state index in [0.29, 0.717) is 24.3 Å². The average Bonchev–Trinajstić information content (AvgIpc) is 2.96. The highest BCUT2D eigenvalue weighted by molar-refractivity contribution is 6.03. The predicted octanol–water partition coefficient (Wildman–Crippen LogP) is 1.72. The maximum Gasteiger partial charge on any atom is 0.240 e. The molecule has 1 aromatic heterocycles. The molecule has 0 aliphatic carbocycles. The van der Waals surface area contributed by atoms with E-state index in [9.17, 15) is 4.79 Å². The molecule has 0 saturated carbocycles. The van der Waals surface area contributed by atoms with Gasteiger partial charge in [0.1, 0.15) is 11.5 Å². The van der Waals surface area contributed by atoms with E-state index in [2.05, 4.69) is 15.5 Å². The molecule has 1 aromatic carbocycles.